The molecule has 1 saturated heterocycles. The summed E-state index contributed by atoms with van der Waals surface area (Å²) in [5, 5.41) is 5.82. The van der Waals surface area contributed by atoms with Crippen LogP contribution in [0.4, 0.5) is 0 Å². The molecule has 0 N–H and O–H groups in total. The standard InChI is InChI=1S/C23H22BNO2/c1-22(2)23(3,4)27-24(26-22)21-20-16-10-6-5-9-15(16)13-14-18(20)17-11-7-8-12-19(17)25-21/h5-14H,1-4H3. The third-order valence-corrected chi connectivity index (χ3v) is 6.10. The highest BCUT2D eigenvalue weighted by Gasteiger charge is 2.53. The van der Waals surface area contributed by atoms with Gasteiger partial charge in [0.25, 0.3) is 0 Å². The first-order valence-electron chi connectivity index (χ1n) is 9.43. The Kier molecular flexibility index (Phi) is 3.43. The molecule has 5 rings (SSSR count). The normalized spacial score (nSPS) is 18.6. The van der Waals surface area contributed by atoms with Crippen LogP contribution in [0, 0.1) is 0 Å². The van der Waals surface area contributed by atoms with Gasteiger partial charge in [0.05, 0.1) is 22.3 Å². The molecule has 0 saturated carbocycles. The fourth-order valence-corrected chi connectivity index (χ4v) is 3.88. The number of benzene rings is 3. The SMILES string of the molecule is CC1(C)OB(c2nc3ccccc3c3ccc4ccccc4c23)OC1(C)C. The summed E-state index contributed by atoms with van der Waals surface area (Å²) in [5.41, 5.74) is 1.02. The Labute approximate surface area is 159 Å². The molecule has 4 aromatic rings. The Hall–Kier alpha value is -2.43. The molecule has 1 fully saturated rings. The Balaban J connectivity index is 1.89. The molecular formula is C23H22BNO2. The van der Waals surface area contributed by atoms with E-state index >= 15 is 0 Å². The highest BCUT2D eigenvalue weighted by molar-refractivity contribution is 6.65. The number of para-hydroxylation sites is 1. The van der Waals surface area contributed by atoms with E-state index in [9.17, 15) is 0 Å². The summed E-state index contributed by atoms with van der Waals surface area (Å²) in [6.07, 6.45) is 0. The van der Waals surface area contributed by atoms with E-state index in [4.69, 9.17) is 14.3 Å². The van der Waals surface area contributed by atoms with Crippen molar-refractivity contribution in [2.24, 2.45) is 0 Å². The maximum atomic E-state index is 6.37. The van der Waals surface area contributed by atoms with Crippen molar-refractivity contribution in [3.63, 3.8) is 0 Å². The molecule has 3 nitrogen and oxygen atoms in total. The van der Waals surface area contributed by atoms with Crippen molar-refractivity contribution in [3.8, 4) is 0 Å². The molecule has 0 bridgehead atoms. The molecule has 1 aliphatic heterocycles. The van der Waals surface area contributed by atoms with Gasteiger partial charge in [0.2, 0.25) is 0 Å². The zero-order chi connectivity index (χ0) is 18.8. The molecule has 0 unspecified atom stereocenters. The molecule has 2 heterocycles. The first kappa shape index (κ1) is 16.7. The number of fused-ring (bicyclic) bond motifs is 5. The zero-order valence-corrected chi connectivity index (χ0v) is 16.1. The van der Waals surface area contributed by atoms with E-state index in [1.807, 2.05) is 6.07 Å². The van der Waals surface area contributed by atoms with Gasteiger partial charge in [-0.05, 0) is 49.9 Å². The van der Waals surface area contributed by atoms with Crippen LogP contribution in [0.25, 0.3) is 32.4 Å². The molecule has 1 aliphatic rings. The number of hydrogen-bond acceptors (Lipinski definition) is 3. The number of rotatable bonds is 1. The Bertz CT molecular complexity index is 1180. The van der Waals surface area contributed by atoms with Crippen molar-refractivity contribution in [1.29, 1.82) is 0 Å². The first-order valence-corrected chi connectivity index (χ1v) is 9.43. The second kappa shape index (κ2) is 5.54. The van der Waals surface area contributed by atoms with Gasteiger partial charge in [-0.3, -0.25) is 4.98 Å². The van der Waals surface area contributed by atoms with E-state index in [2.05, 4.69) is 82.3 Å². The average Bonchev–Trinajstić information content (AvgIpc) is 2.88. The van der Waals surface area contributed by atoms with Crippen molar-refractivity contribution >= 4 is 45.2 Å². The lowest BCUT2D eigenvalue weighted by Gasteiger charge is -2.32. The zero-order valence-electron chi connectivity index (χ0n) is 16.1. The largest absolute Gasteiger partial charge is 0.515 e. The van der Waals surface area contributed by atoms with E-state index in [-0.39, 0.29) is 0 Å². The topological polar surface area (TPSA) is 31.4 Å². The second-order valence-corrected chi connectivity index (χ2v) is 8.31. The summed E-state index contributed by atoms with van der Waals surface area (Å²) in [7, 11) is -0.493. The number of nitrogens with zero attached hydrogens (tertiary/aromatic N) is 1. The molecule has 3 aromatic carbocycles. The molecule has 27 heavy (non-hydrogen) atoms. The van der Waals surface area contributed by atoms with Crippen molar-refractivity contribution in [2.45, 2.75) is 38.9 Å². The Morgan fingerprint density at radius 2 is 1.33 bits per heavy atom. The van der Waals surface area contributed by atoms with Crippen LogP contribution in [0.15, 0.2) is 60.7 Å². The van der Waals surface area contributed by atoms with Crippen LogP contribution in [-0.2, 0) is 9.31 Å². The van der Waals surface area contributed by atoms with E-state index in [0.717, 1.165) is 21.9 Å². The molecular weight excluding hydrogens is 333 g/mol. The van der Waals surface area contributed by atoms with Crippen LogP contribution >= 0.6 is 0 Å². The van der Waals surface area contributed by atoms with Crippen LogP contribution in [-0.4, -0.2) is 23.3 Å². The Morgan fingerprint density at radius 1 is 0.704 bits per heavy atom. The summed E-state index contributed by atoms with van der Waals surface area (Å²) >= 11 is 0. The average molecular weight is 355 g/mol. The predicted molar refractivity (Wildman–Crippen MR) is 112 cm³/mol. The van der Waals surface area contributed by atoms with Gasteiger partial charge < -0.3 is 9.31 Å². The number of aromatic nitrogens is 1. The molecule has 134 valence electrons. The third kappa shape index (κ3) is 2.40. The molecule has 0 aliphatic carbocycles. The first-order chi connectivity index (χ1) is 12.9. The van der Waals surface area contributed by atoms with E-state index < -0.39 is 18.3 Å². The number of hydrogen-bond donors (Lipinski definition) is 0. The molecule has 0 atom stereocenters. The lowest BCUT2D eigenvalue weighted by atomic mass is 9.79. The van der Waals surface area contributed by atoms with Gasteiger partial charge in [-0.15, -0.1) is 0 Å². The molecule has 4 heteroatoms. The van der Waals surface area contributed by atoms with Crippen LogP contribution < -0.4 is 5.59 Å². The summed E-state index contributed by atoms with van der Waals surface area (Å²) in [6.45, 7) is 8.31. The molecule has 0 spiro atoms. The minimum Gasteiger partial charge on any atom is -0.398 e. The van der Waals surface area contributed by atoms with Crippen molar-refractivity contribution < 1.29 is 9.31 Å². The van der Waals surface area contributed by atoms with E-state index in [1.54, 1.807) is 0 Å². The van der Waals surface area contributed by atoms with Gasteiger partial charge in [-0.25, -0.2) is 0 Å². The number of pyridine rings is 1. The van der Waals surface area contributed by atoms with Gasteiger partial charge in [0.1, 0.15) is 0 Å². The van der Waals surface area contributed by atoms with Crippen LogP contribution in [0.3, 0.4) is 0 Å². The molecule has 0 radical (unpaired) electrons. The fraction of sp³-hybridized carbons (Fsp3) is 0.261. The molecule has 1 aromatic heterocycles. The summed E-state index contributed by atoms with van der Waals surface area (Å²) in [6, 6.07) is 21.1. The quantitative estimate of drug-likeness (QED) is 0.362. The van der Waals surface area contributed by atoms with Crippen LogP contribution in [0.2, 0.25) is 0 Å². The van der Waals surface area contributed by atoms with Gasteiger partial charge >= 0.3 is 7.12 Å². The maximum absolute atomic E-state index is 6.37. The Morgan fingerprint density at radius 3 is 2.07 bits per heavy atom. The van der Waals surface area contributed by atoms with Crippen molar-refractivity contribution in [1.82, 2.24) is 4.98 Å². The minimum atomic E-state index is -0.493. The summed E-state index contributed by atoms with van der Waals surface area (Å²) in [4.78, 5) is 5.02. The third-order valence-electron chi connectivity index (χ3n) is 6.10. The molecule has 0 amide bonds. The lowest BCUT2D eigenvalue weighted by molar-refractivity contribution is 0.00578. The summed E-state index contributed by atoms with van der Waals surface area (Å²) in [5.74, 6) is 0. The fourth-order valence-electron chi connectivity index (χ4n) is 3.88. The second-order valence-electron chi connectivity index (χ2n) is 8.31. The van der Waals surface area contributed by atoms with Crippen molar-refractivity contribution in [3.05, 3.63) is 60.7 Å². The smallest absolute Gasteiger partial charge is 0.398 e. The van der Waals surface area contributed by atoms with Crippen molar-refractivity contribution in [2.75, 3.05) is 0 Å². The van der Waals surface area contributed by atoms with Crippen LogP contribution in [0.5, 0.6) is 0 Å². The highest BCUT2D eigenvalue weighted by atomic mass is 16.7. The lowest BCUT2D eigenvalue weighted by Crippen LogP contribution is -2.41. The van der Waals surface area contributed by atoms with Gasteiger partial charge in [0.15, 0.2) is 0 Å². The van der Waals surface area contributed by atoms with Gasteiger partial charge in [-0.1, -0.05) is 54.6 Å². The minimum absolute atomic E-state index is 0.401. The van der Waals surface area contributed by atoms with E-state index in [0.29, 0.717) is 0 Å². The summed E-state index contributed by atoms with van der Waals surface area (Å²) < 4.78 is 12.7. The van der Waals surface area contributed by atoms with E-state index in [1.165, 1.54) is 16.2 Å². The van der Waals surface area contributed by atoms with Gasteiger partial charge in [0, 0.05) is 10.8 Å². The predicted octanol–water partition coefficient (Wildman–Crippen LogP) is 4.84. The van der Waals surface area contributed by atoms with Crippen LogP contribution in [0.1, 0.15) is 27.7 Å². The highest BCUT2D eigenvalue weighted by Crippen LogP contribution is 2.38. The maximum Gasteiger partial charge on any atom is 0.515 e. The monoisotopic (exact) mass is 355 g/mol. The van der Waals surface area contributed by atoms with Gasteiger partial charge in [-0.2, -0.15) is 0 Å².